The molecule has 2 heterocycles. The van der Waals surface area contributed by atoms with Crippen molar-refractivity contribution >= 4 is 22.8 Å². The molecule has 112 valence electrons. The van der Waals surface area contributed by atoms with E-state index in [0.29, 0.717) is 5.82 Å². The van der Waals surface area contributed by atoms with Crippen molar-refractivity contribution in [3.8, 4) is 0 Å². The van der Waals surface area contributed by atoms with E-state index in [9.17, 15) is 10.1 Å². The molecular weight excluding hydrogens is 288 g/mol. The molecule has 6 nitrogen and oxygen atoms in total. The minimum Gasteiger partial charge on any atom is -0.361 e. The Hall–Kier alpha value is -2.02. The third-order valence-electron chi connectivity index (χ3n) is 2.98. The predicted octanol–water partition coefficient (Wildman–Crippen LogP) is 3.92. The van der Waals surface area contributed by atoms with E-state index in [1.165, 1.54) is 12.3 Å². The average molecular weight is 306 g/mol. The molecule has 0 aromatic carbocycles. The second kappa shape index (κ2) is 5.77. The SMILES string of the molecule is CC(Nc1ccc([N+](=O)[O-])cn1)c1nc(C(C)(C)C)cs1. The standard InChI is InChI=1S/C14H18N4O2S/c1-9(13-17-11(8-21-13)14(2,3)4)16-12-6-5-10(7-15-12)18(19)20/h5-9H,1-4H3,(H,15,16). The number of anilines is 1. The molecule has 21 heavy (non-hydrogen) atoms. The topological polar surface area (TPSA) is 81.0 Å². The number of nitrogens with zero attached hydrogens (tertiary/aromatic N) is 3. The van der Waals surface area contributed by atoms with Crippen molar-refractivity contribution < 1.29 is 4.92 Å². The Balaban J connectivity index is 2.09. The molecule has 2 rings (SSSR count). The lowest BCUT2D eigenvalue weighted by atomic mass is 9.93. The van der Waals surface area contributed by atoms with Crippen LogP contribution in [-0.2, 0) is 5.41 Å². The van der Waals surface area contributed by atoms with E-state index >= 15 is 0 Å². The highest BCUT2D eigenvalue weighted by atomic mass is 32.1. The Morgan fingerprint density at radius 3 is 2.57 bits per heavy atom. The van der Waals surface area contributed by atoms with Gasteiger partial charge in [0, 0.05) is 16.9 Å². The minimum absolute atomic E-state index is 0.0000520. The first-order valence-electron chi connectivity index (χ1n) is 6.60. The van der Waals surface area contributed by atoms with E-state index in [0.717, 1.165) is 10.7 Å². The van der Waals surface area contributed by atoms with Gasteiger partial charge in [-0.05, 0) is 13.0 Å². The van der Waals surface area contributed by atoms with Crippen LogP contribution in [0.2, 0.25) is 0 Å². The first kappa shape index (κ1) is 15.4. The second-order valence-corrected chi connectivity index (χ2v) is 6.74. The van der Waals surface area contributed by atoms with Gasteiger partial charge in [0.1, 0.15) is 17.0 Å². The maximum absolute atomic E-state index is 10.6. The molecular formula is C14H18N4O2S. The molecule has 0 aliphatic heterocycles. The summed E-state index contributed by atoms with van der Waals surface area (Å²) in [5.41, 5.74) is 1.07. The molecule has 1 atom stereocenters. The Bertz CT molecular complexity index is 631. The van der Waals surface area contributed by atoms with Gasteiger partial charge in [0.05, 0.1) is 16.7 Å². The molecule has 0 saturated carbocycles. The molecule has 0 bridgehead atoms. The number of thiazole rings is 1. The van der Waals surface area contributed by atoms with Crippen LogP contribution in [0.15, 0.2) is 23.7 Å². The van der Waals surface area contributed by atoms with Gasteiger partial charge in [-0.15, -0.1) is 11.3 Å². The molecule has 0 amide bonds. The minimum atomic E-state index is -0.462. The maximum atomic E-state index is 10.6. The van der Waals surface area contributed by atoms with Gasteiger partial charge in [-0.25, -0.2) is 9.97 Å². The van der Waals surface area contributed by atoms with Crippen LogP contribution in [0.25, 0.3) is 0 Å². The van der Waals surface area contributed by atoms with E-state index in [1.54, 1.807) is 17.4 Å². The summed E-state index contributed by atoms with van der Waals surface area (Å²) in [6.07, 6.45) is 1.25. The second-order valence-electron chi connectivity index (χ2n) is 5.85. The van der Waals surface area contributed by atoms with Crippen LogP contribution in [0.5, 0.6) is 0 Å². The highest BCUT2D eigenvalue weighted by Crippen LogP contribution is 2.28. The van der Waals surface area contributed by atoms with Crippen LogP contribution in [-0.4, -0.2) is 14.9 Å². The van der Waals surface area contributed by atoms with Gasteiger partial charge in [-0.3, -0.25) is 10.1 Å². The van der Waals surface area contributed by atoms with Crippen molar-refractivity contribution in [2.24, 2.45) is 0 Å². The zero-order chi connectivity index (χ0) is 15.6. The third kappa shape index (κ3) is 3.75. The van der Waals surface area contributed by atoms with Crippen molar-refractivity contribution in [3.05, 3.63) is 44.5 Å². The fourth-order valence-corrected chi connectivity index (χ4v) is 2.75. The summed E-state index contributed by atoms with van der Waals surface area (Å²) in [5, 5.41) is 16.8. The first-order chi connectivity index (χ1) is 9.77. The number of aromatic nitrogens is 2. The van der Waals surface area contributed by atoms with Gasteiger partial charge in [-0.2, -0.15) is 0 Å². The van der Waals surface area contributed by atoms with Crippen LogP contribution in [0, 0.1) is 10.1 Å². The van der Waals surface area contributed by atoms with Crippen molar-refractivity contribution in [1.82, 2.24) is 9.97 Å². The van der Waals surface area contributed by atoms with Crippen molar-refractivity contribution in [1.29, 1.82) is 0 Å². The molecule has 0 aliphatic rings. The number of pyridine rings is 1. The molecule has 2 aromatic heterocycles. The summed E-state index contributed by atoms with van der Waals surface area (Å²) in [7, 11) is 0. The van der Waals surface area contributed by atoms with Crippen LogP contribution >= 0.6 is 11.3 Å². The smallest absolute Gasteiger partial charge is 0.287 e. The summed E-state index contributed by atoms with van der Waals surface area (Å²) >= 11 is 1.60. The Kier molecular flexibility index (Phi) is 4.22. The first-order valence-corrected chi connectivity index (χ1v) is 7.48. The van der Waals surface area contributed by atoms with Gasteiger partial charge < -0.3 is 5.32 Å². The summed E-state index contributed by atoms with van der Waals surface area (Å²) in [6, 6.07) is 3.04. The zero-order valence-corrected chi connectivity index (χ0v) is 13.3. The molecule has 0 fully saturated rings. The Labute approximate surface area is 127 Å². The highest BCUT2D eigenvalue weighted by Gasteiger charge is 2.19. The van der Waals surface area contributed by atoms with Gasteiger partial charge in [0.15, 0.2) is 0 Å². The summed E-state index contributed by atoms with van der Waals surface area (Å²) < 4.78 is 0. The molecule has 1 N–H and O–H groups in total. The normalized spacial score (nSPS) is 13.0. The molecule has 2 aromatic rings. The average Bonchev–Trinajstić information content (AvgIpc) is 2.88. The molecule has 0 spiro atoms. The van der Waals surface area contributed by atoms with Crippen molar-refractivity contribution in [2.75, 3.05) is 5.32 Å². The molecule has 1 unspecified atom stereocenters. The van der Waals surface area contributed by atoms with Crippen LogP contribution in [0.3, 0.4) is 0 Å². The van der Waals surface area contributed by atoms with E-state index in [1.807, 2.05) is 6.92 Å². The zero-order valence-electron chi connectivity index (χ0n) is 12.5. The highest BCUT2D eigenvalue weighted by molar-refractivity contribution is 7.09. The third-order valence-corrected chi connectivity index (χ3v) is 4.01. The number of nitro groups is 1. The molecule has 0 aliphatic carbocycles. The lowest BCUT2D eigenvalue weighted by Crippen LogP contribution is -2.13. The number of rotatable bonds is 4. The molecule has 0 saturated heterocycles. The van der Waals surface area contributed by atoms with E-state index in [-0.39, 0.29) is 17.1 Å². The van der Waals surface area contributed by atoms with Crippen LogP contribution in [0.1, 0.15) is 44.4 Å². The molecule has 0 radical (unpaired) electrons. The van der Waals surface area contributed by atoms with Gasteiger partial charge in [-0.1, -0.05) is 20.8 Å². The van der Waals surface area contributed by atoms with Gasteiger partial charge in [0.25, 0.3) is 5.69 Å². The van der Waals surface area contributed by atoms with Crippen LogP contribution < -0.4 is 5.32 Å². The maximum Gasteiger partial charge on any atom is 0.287 e. The fraction of sp³-hybridized carbons (Fsp3) is 0.429. The monoisotopic (exact) mass is 306 g/mol. The quantitative estimate of drug-likeness (QED) is 0.684. The summed E-state index contributed by atoms with van der Waals surface area (Å²) in [4.78, 5) is 18.8. The van der Waals surface area contributed by atoms with E-state index in [2.05, 4.69) is 41.4 Å². The van der Waals surface area contributed by atoms with Gasteiger partial charge >= 0.3 is 0 Å². The lowest BCUT2D eigenvalue weighted by Gasteiger charge is -2.15. The van der Waals surface area contributed by atoms with E-state index in [4.69, 9.17) is 0 Å². The summed E-state index contributed by atoms with van der Waals surface area (Å²) in [5.74, 6) is 0.598. The fourth-order valence-electron chi connectivity index (χ4n) is 1.69. The molecule has 7 heteroatoms. The number of hydrogen-bond acceptors (Lipinski definition) is 6. The largest absolute Gasteiger partial charge is 0.361 e. The van der Waals surface area contributed by atoms with Crippen molar-refractivity contribution in [2.45, 2.75) is 39.2 Å². The number of hydrogen-bond donors (Lipinski definition) is 1. The predicted molar refractivity (Wildman–Crippen MR) is 83.7 cm³/mol. The van der Waals surface area contributed by atoms with Gasteiger partial charge in [0.2, 0.25) is 0 Å². The van der Waals surface area contributed by atoms with Crippen LogP contribution in [0.4, 0.5) is 11.5 Å². The Morgan fingerprint density at radius 2 is 2.10 bits per heavy atom. The van der Waals surface area contributed by atoms with E-state index < -0.39 is 4.92 Å². The van der Waals surface area contributed by atoms with Crippen molar-refractivity contribution in [3.63, 3.8) is 0 Å². The number of nitrogens with one attached hydrogen (secondary N) is 1. The Morgan fingerprint density at radius 1 is 1.38 bits per heavy atom. The lowest BCUT2D eigenvalue weighted by molar-refractivity contribution is -0.385. The summed E-state index contributed by atoms with van der Waals surface area (Å²) in [6.45, 7) is 8.37.